The molecule has 1 aromatic rings. The molecule has 0 aliphatic carbocycles. The highest BCUT2D eigenvalue weighted by Gasteiger charge is 2.17. The van der Waals surface area contributed by atoms with Crippen molar-refractivity contribution in [2.75, 3.05) is 19.7 Å². The van der Waals surface area contributed by atoms with Crippen molar-refractivity contribution in [1.29, 1.82) is 0 Å². The molecule has 2 heteroatoms. The summed E-state index contributed by atoms with van der Waals surface area (Å²) in [5.74, 6) is 1.74. The average Bonchev–Trinajstić information content (AvgIpc) is 2.09. The Balaban J connectivity index is 1.97. The van der Waals surface area contributed by atoms with Crippen LogP contribution < -0.4 is 10.1 Å². The molecule has 1 aromatic carbocycles. The molecule has 0 unspecified atom stereocenters. The molecule has 1 aliphatic rings. The van der Waals surface area contributed by atoms with Gasteiger partial charge in [-0.15, -0.1) is 0 Å². The SMILES string of the molecule is Cc1cccc(OCC2CNC2)c1C. The van der Waals surface area contributed by atoms with Gasteiger partial charge in [-0.3, -0.25) is 0 Å². The summed E-state index contributed by atoms with van der Waals surface area (Å²) in [5.41, 5.74) is 2.56. The highest BCUT2D eigenvalue weighted by atomic mass is 16.5. The van der Waals surface area contributed by atoms with Crippen LogP contribution in [0.1, 0.15) is 11.1 Å². The van der Waals surface area contributed by atoms with Gasteiger partial charge in [0.05, 0.1) is 6.61 Å². The van der Waals surface area contributed by atoms with Crippen LogP contribution in [0.4, 0.5) is 0 Å². The first kappa shape index (κ1) is 9.53. The van der Waals surface area contributed by atoms with Crippen LogP contribution in [-0.4, -0.2) is 19.7 Å². The molecule has 0 radical (unpaired) electrons. The Morgan fingerprint density at radius 1 is 1.36 bits per heavy atom. The first-order valence-electron chi connectivity index (χ1n) is 5.17. The summed E-state index contributed by atoms with van der Waals surface area (Å²) in [6.45, 7) is 7.28. The smallest absolute Gasteiger partial charge is 0.122 e. The molecular formula is C12H17NO. The highest BCUT2D eigenvalue weighted by Crippen LogP contribution is 2.21. The van der Waals surface area contributed by atoms with E-state index in [1.165, 1.54) is 11.1 Å². The molecule has 0 atom stereocenters. The Hall–Kier alpha value is -1.02. The summed E-state index contributed by atoms with van der Waals surface area (Å²) in [6.07, 6.45) is 0. The summed E-state index contributed by atoms with van der Waals surface area (Å²) in [4.78, 5) is 0. The molecule has 14 heavy (non-hydrogen) atoms. The van der Waals surface area contributed by atoms with Crippen molar-refractivity contribution >= 4 is 0 Å². The van der Waals surface area contributed by atoms with Crippen LogP contribution in [-0.2, 0) is 0 Å². The molecule has 2 nitrogen and oxygen atoms in total. The fourth-order valence-corrected chi connectivity index (χ4v) is 1.55. The molecule has 1 aliphatic heterocycles. The third kappa shape index (κ3) is 1.90. The molecule has 0 aromatic heterocycles. The monoisotopic (exact) mass is 191 g/mol. The average molecular weight is 191 g/mol. The lowest BCUT2D eigenvalue weighted by Crippen LogP contribution is -2.45. The van der Waals surface area contributed by atoms with Gasteiger partial charge in [-0.1, -0.05) is 12.1 Å². The molecule has 0 amide bonds. The summed E-state index contributed by atoms with van der Waals surface area (Å²) in [6, 6.07) is 6.22. The highest BCUT2D eigenvalue weighted by molar-refractivity contribution is 5.38. The second-order valence-electron chi connectivity index (χ2n) is 4.03. The van der Waals surface area contributed by atoms with E-state index < -0.39 is 0 Å². The lowest BCUT2D eigenvalue weighted by Gasteiger charge is -2.27. The van der Waals surface area contributed by atoms with Crippen molar-refractivity contribution in [3.05, 3.63) is 29.3 Å². The Morgan fingerprint density at radius 2 is 2.14 bits per heavy atom. The Labute approximate surface area is 85.3 Å². The number of hydrogen-bond donors (Lipinski definition) is 1. The van der Waals surface area contributed by atoms with E-state index in [4.69, 9.17) is 4.74 Å². The maximum atomic E-state index is 5.78. The van der Waals surface area contributed by atoms with Crippen molar-refractivity contribution < 1.29 is 4.74 Å². The zero-order chi connectivity index (χ0) is 9.97. The normalized spacial score (nSPS) is 16.4. The van der Waals surface area contributed by atoms with E-state index in [-0.39, 0.29) is 0 Å². The number of aryl methyl sites for hydroxylation is 1. The van der Waals surface area contributed by atoms with Gasteiger partial charge in [0.25, 0.3) is 0 Å². The first-order chi connectivity index (χ1) is 6.77. The van der Waals surface area contributed by atoms with Gasteiger partial charge in [0.2, 0.25) is 0 Å². The van der Waals surface area contributed by atoms with Gasteiger partial charge in [0.15, 0.2) is 0 Å². The molecular weight excluding hydrogens is 174 g/mol. The van der Waals surface area contributed by atoms with Gasteiger partial charge in [0, 0.05) is 19.0 Å². The second kappa shape index (κ2) is 4.01. The third-order valence-corrected chi connectivity index (χ3v) is 2.90. The predicted molar refractivity (Wildman–Crippen MR) is 57.8 cm³/mol. The first-order valence-corrected chi connectivity index (χ1v) is 5.17. The molecule has 1 saturated heterocycles. The minimum absolute atomic E-state index is 0.704. The van der Waals surface area contributed by atoms with Crippen molar-refractivity contribution in [3.8, 4) is 5.75 Å². The lowest BCUT2D eigenvalue weighted by molar-refractivity contribution is 0.198. The van der Waals surface area contributed by atoms with Crippen LogP contribution in [0.15, 0.2) is 18.2 Å². The number of nitrogens with one attached hydrogen (secondary N) is 1. The van der Waals surface area contributed by atoms with Crippen LogP contribution in [0.25, 0.3) is 0 Å². The van der Waals surface area contributed by atoms with Gasteiger partial charge in [-0.25, -0.2) is 0 Å². The molecule has 0 spiro atoms. The molecule has 1 fully saturated rings. The fraction of sp³-hybridized carbons (Fsp3) is 0.500. The van der Waals surface area contributed by atoms with Crippen molar-refractivity contribution in [3.63, 3.8) is 0 Å². The summed E-state index contributed by atoms with van der Waals surface area (Å²) < 4.78 is 5.78. The predicted octanol–water partition coefficient (Wildman–Crippen LogP) is 1.90. The van der Waals surface area contributed by atoms with Crippen LogP contribution in [0, 0.1) is 19.8 Å². The summed E-state index contributed by atoms with van der Waals surface area (Å²) in [7, 11) is 0. The zero-order valence-corrected chi connectivity index (χ0v) is 8.84. The van der Waals surface area contributed by atoms with Crippen molar-refractivity contribution in [1.82, 2.24) is 5.32 Å². The summed E-state index contributed by atoms with van der Waals surface area (Å²) >= 11 is 0. The van der Waals surface area contributed by atoms with Crippen molar-refractivity contribution in [2.45, 2.75) is 13.8 Å². The van der Waals surface area contributed by atoms with Gasteiger partial charge in [-0.2, -0.15) is 0 Å². The molecule has 1 heterocycles. The van der Waals surface area contributed by atoms with E-state index in [9.17, 15) is 0 Å². The van der Waals surface area contributed by atoms with Crippen LogP contribution >= 0.6 is 0 Å². The molecule has 0 bridgehead atoms. The fourth-order valence-electron chi connectivity index (χ4n) is 1.55. The molecule has 0 saturated carbocycles. The number of benzene rings is 1. The van der Waals surface area contributed by atoms with E-state index in [1.807, 2.05) is 0 Å². The largest absolute Gasteiger partial charge is 0.493 e. The zero-order valence-electron chi connectivity index (χ0n) is 8.84. The van der Waals surface area contributed by atoms with E-state index in [2.05, 4.69) is 37.4 Å². The Bertz CT molecular complexity index is 318. The van der Waals surface area contributed by atoms with E-state index in [1.54, 1.807) is 0 Å². The Kier molecular flexibility index (Phi) is 2.73. The number of ether oxygens (including phenoxy) is 1. The van der Waals surface area contributed by atoms with Crippen LogP contribution in [0.5, 0.6) is 5.75 Å². The van der Waals surface area contributed by atoms with Crippen molar-refractivity contribution in [2.24, 2.45) is 5.92 Å². The van der Waals surface area contributed by atoms with Crippen LogP contribution in [0.2, 0.25) is 0 Å². The lowest BCUT2D eigenvalue weighted by atomic mass is 10.1. The third-order valence-electron chi connectivity index (χ3n) is 2.90. The molecule has 2 rings (SSSR count). The second-order valence-corrected chi connectivity index (χ2v) is 4.03. The molecule has 76 valence electrons. The summed E-state index contributed by atoms with van der Waals surface area (Å²) in [5, 5.41) is 3.24. The Morgan fingerprint density at radius 3 is 2.79 bits per heavy atom. The maximum Gasteiger partial charge on any atom is 0.122 e. The van der Waals surface area contributed by atoms with E-state index in [0.29, 0.717) is 5.92 Å². The molecule has 1 N–H and O–H groups in total. The van der Waals surface area contributed by atoms with E-state index in [0.717, 1.165) is 25.4 Å². The number of hydrogen-bond acceptors (Lipinski definition) is 2. The van der Waals surface area contributed by atoms with Crippen LogP contribution in [0.3, 0.4) is 0 Å². The number of rotatable bonds is 3. The van der Waals surface area contributed by atoms with Gasteiger partial charge < -0.3 is 10.1 Å². The van der Waals surface area contributed by atoms with Gasteiger partial charge in [-0.05, 0) is 31.0 Å². The van der Waals surface area contributed by atoms with E-state index >= 15 is 0 Å². The minimum atomic E-state index is 0.704. The van der Waals surface area contributed by atoms with Gasteiger partial charge >= 0.3 is 0 Å². The maximum absolute atomic E-state index is 5.78. The van der Waals surface area contributed by atoms with Gasteiger partial charge in [0.1, 0.15) is 5.75 Å². The minimum Gasteiger partial charge on any atom is -0.493 e. The quantitative estimate of drug-likeness (QED) is 0.788. The topological polar surface area (TPSA) is 21.3 Å². The standard InChI is InChI=1S/C12H17NO/c1-9-4-3-5-12(10(9)2)14-8-11-6-13-7-11/h3-5,11,13H,6-8H2,1-2H3.